The average molecular weight is 357 g/mol. The summed E-state index contributed by atoms with van der Waals surface area (Å²) in [5.74, 6) is -0.744. The van der Waals surface area contributed by atoms with Gasteiger partial charge in [-0.1, -0.05) is 45.8 Å². The topological polar surface area (TPSA) is 57.5 Å². The molecule has 4 nitrogen and oxygen atoms in total. The number of aliphatic hydroxyl groups excluding tert-OH is 1. The van der Waals surface area contributed by atoms with Crippen LogP contribution < -0.4 is 0 Å². The third kappa shape index (κ3) is 10.0. The lowest BCUT2D eigenvalue weighted by atomic mass is 10.0. The highest BCUT2D eigenvalue weighted by Crippen LogP contribution is 2.21. The molecule has 0 aromatic heterocycles. The van der Waals surface area contributed by atoms with Crippen LogP contribution in [-0.4, -0.2) is 52.4 Å². The smallest absolute Gasteiger partial charge is 0.362 e. The maximum atomic E-state index is 11.8. The number of rotatable bonds is 16. The zero-order valence-electron chi connectivity index (χ0n) is 17.0. The van der Waals surface area contributed by atoms with E-state index in [1.54, 1.807) is 0 Å². The van der Waals surface area contributed by atoms with Gasteiger partial charge in [0.25, 0.3) is 0 Å². The van der Waals surface area contributed by atoms with Gasteiger partial charge in [0.1, 0.15) is 12.6 Å². The Hall–Kier alpha value is -0.870. The molecule has 0 aliphatic heterocycles. The maximum absolute atomic E-state index is 11.8. The SMILES string of the molecule is CC/C=C/CCC(O)C[N+](CCCCC)(CCCCC)C(C)C(=O)O. The van der Waals surface area contributed by atoms with E-state index in [-0.39, 0.29) is 0 Å². The third-order valence-electron chi connectivity index (χ3n) is 5.24. The van der Waals surface area contributed by atoms with Gasteiger partial charge < -0.3 is 14.7 Å². The van der Waals surface area contributed by atoms with Gasteiger partial charge in [-0.2, -0.15) is 0 Å². The van der Waals surface area contributed by atoms with Gasteiger partial charge in [0.2, 0.25) is 0 Å². The van der Waals surface area contributed by atoms with Gasteiger partial charge in [-0.3, -0.25) is 0 Å². The second-order valence-corrected chi connectivity index (χ2v) is 7.39. The molecule has 0 aromatic carbocycles. The summed E-state index contributed by atoms with van der Waals surface area (Å²) in [5, 5.41) is 20.3. The second kappa shape index (κ2) is 14.3. The first-order chi connectivity index (χ1) is 11.9. The van der Waals surface area contributed by atoms with Crippen LogP contribution in [-0.2, 0) is 4.79 Å². The van der Waals surface area contributed by atoms with Crippen LogP contribution in [0.15, 0.2) is 12.2 Å². The molecule has 0 amide bonds. The van der Waals surface area contributed by atoms with E-state index in [4.69, 9.17) is 0 Å². The molecular weight excluding hydrogens is 314 g/mol. The largest absolute Gasteiger partial charge is 0.477 e. The predicted octanol–water partition coefficient (Wildman–Crippen LogP) is 4.76. The Morgan fingerprint density at radius 3 is 2.00 bits per heavy atom. The molecule has 25 heavy (non-hydrogen) atoms. The molecule has 0 spiro atoms. The number of aliphatic carboxylic acids is 1. The lowest BCUT2D eigenvalue weighted by molar-refractivity contribution is -0.944. The summed E-state index contributed by atoms with van der Waals surface area (Å²) < 4.78 is 0.522. The van der Waals surface area contributed by atoms with Crippen molar-refractivity contribution in [1.29, 1.82) is 0 Å². The van der Waals surface area contributed by atoms with E-state index >= 15 is 0 Å². The van der Waals surface area contributed by atoms with Crippen molar-refractivity contribution in [2.45, 2.75) is 97.6 Å². The van der Waals surface area contributed by atoms with Gasteiger partial charge >= 0.3 is 5.97 Å². The highest BCUT2D eigenvalue weighted by Gasteiger charge is 2.39. The monoisotopic (exact) mass is 356 g/mol. The van der Waals surface area contributed by atoms with E-state index in [2.05, 4.69) is 32.9 Å². The number of carbonyl (C=O) groups is 1. The maximum Gasteiger partial charge on any atom is 0.362 e. The molecule has 2 unspecified atom stereocenters. The number of aliphatic hydroxyl groups is 1. The van der Waals surface area contributed by atoms with Gasteiger partial charge in [-0.15, -0.1) is 0 Å². The molecule has 4 heteroatoms. The number of allylic oxidation sites excluding steroid dienone is 2. The minimum Gasteiger partial charge on any atom is -0.477 e. The van der Waals surface area contributed by atoms with Crippen LogP contribution in [0.5, 0.6) is 0 Å². The fraction of sp³-hybridized carbons (Fsp3) is 0.857. The van der Waals surface area contributed by atoms with Crippen molar-refractivity contribution < 1.29 is 19.5 Å². The number of carboxylic acids is 1. The molecule has 0 radical (unpaired) electrons. The zero-order valence-corrected chi connectivity index (χ0v) is 17.0. The number of unbranched alkanes of at least 4 members (excludes halogenated alkanes) is 4. The van der Waals surface area contributed by atoms with E-state index < -0.39 is 18.1 Å². The number of hydrogen-bond donors (Lipinski definition) is 2. The summed E-state index contributed by atoms with van der Waals surface area (Å²) >= 11 is 0. The molecule has 0 fully saturated rings. The van der Waals surface area contributed by atoms with E-state index in [1.165, 1.54) is 0 Å². The molecule has 0 saturated heterocycles. The van der Waals surface area contributed by atoms with E-state index in [9.17, 15) is 15.0 Å². The summed E-state index contributed by atoms with van der Waals surface area (Å²) in [7, 11) is 0. The Morgan fingerprint density at radius 1 is 1.00 bits per heavy atom. The van der Waals surface area contributed by atoms with Crippen LogP contribution in [0.1, 0.15) is 85.5 Å². The Balaban J connectivity index is 5.11. The van der Waals surface area contributed by atoms with Crippen molar-refractivity contribution in [1.82, 2.24) is 0 Å². The quantitative estimate of drug-likeness (QED) is 0.238. The standard InChI is InChI=1S/C21H41NO3/c1-5-8-11-12-15-20(23)18-22(16-13-9-6-2,17-14-10-7-3)19(4)21(24)25/h8,11,19-20,23H,5-7,9-10,12-18H2,1-4H3/p+1/b11-8+. The summed E-state index contributed by atoms with van der Waals surface area (Å²) in [5.41, 5.74) is 0. The predicted molar refractivity (Wildman–Crippen MR) is 106 cm³/mol. The normalized spacial score (nSPS) is 14.8. The van der Waals surface area contributed by atoms with Crippen LogP contribution >= 0.6 is 0 Å². The van der Waals surface area contributed by atoms with Crippen molar-refractivity contribution in [3.8, 4) is 0 Å². The summed E-state index contributed by atoms with van der Waals surface area (Å²) in [4.78, 5) is 11.8. The van der Waals surface area contributed by atoms with Gasteiger partial charge in [0.05, 0.1) is 13.1 Å². The molecule has 0 bridgehead atoms. The molecule has 0 rings (SSSR count). The first kappa shape index (κ1) is 24.1. The fourth-order valence-electron chi connectivity index (χ4n) is 3.51. The van der Waals surface area contributed by atoms with Crippen LogP contribution in [0.3, 0.4) is 0 Å². The van der Waals surface area contributed by atoms with Gasteiger partial charge in [-0.05, 0) is 51.9 Å². The lowest BCUT2D eigenvalue weighted by Gasteiger charge is -2.43. The molecule has 0 heterocycles. The lowest BCUT2D eigenvalue weighted by Crippen LogP contribution is -2.61. The second-order valence-electron chi connectivity index (χ2n) is 7.39. The molecule has 2 N–H and O–H groups in total. The van der Waals surface area contributed by atoms with Crippen LogP contribution in [0.25, 0.3) is 0 Å². The zero-order chi connectivity index (χ0) is 19.1. The van der Waals surface area contributed by atoms with Crippen molar-refractivity contribution in [3.05, 3.63) is 12.2 Å². The summed E-state index contributed by atoms with van der Waals surface area (Å²) in [6.07, 6.45) is 12.9. The molecule has 0 aliphatic carbocycles. The van der Waals surface area contributed by atoms with Crippen molar-refractivity contribution in [2.75, 3.05) is 19.6 Å². The molecule has 2 atom stereocenters. The Bertz CT molecular complexity index is 358. The van der Waals surface area contributed by atoms with Gasteiger partial charge in [-0.25, -0.2) is 4.79 Å². The minimum absolute atomic E-state index is 0.438. The Labute approximate surface area is 155 Å². The summed E-state index contributed by atoms with van der Waals surface area (Å²) in [6, 6.07) is -0.463. The Morgan fingerprint density at radius 2 is 1.56 bits per heavy atom. The van der Waals surface area contributed by atoms with Gasteiger partial charge in [0.15, 0.2) is 6.04 Å². The molecule has 148 valence electrons. The van der Waals surface area contributed by atoms with Crippen LogP contribution in [0.4, 0.5) is 0 Å². The number of nitrogens with zero attached hydrogens (tertiary/aromatic N) is 1. The van der Waals surface area contributed by atoms with Crippen LogP contribution in [0.2, 0.25) is 0 Å². The van der Waals surface area contributed by atoms with Crippen molar-refractivity contribution in [3.63, 3.8) is 0 Å². The molecular formula is C21H42NO3+. The van der Waals surface area contributed by atoms with Gasteiger partial charge in [0, 0.05) is 0 Å². The van der Waals surface area contributed by atoms with Crippen LogP contribution in [0, 0.1) is 0 Å². The molecule has 0 saturated carbocycles. The highest BCUT2D eigenvalue weighted by molar-refractivity contribution is 5.71. The van der Waals surface area contributed by atoms with E-state index in [1.807, 2.05) is 6.92 Å². The molecule has 0 aromatic rings. The number of hydrogen-bond acceptors (Lipinski definition) is 2. The summed E-state index contributed by atoms with van der Waals surface area (Å²) in [6.45, 7) is 10.5. The Kier molecular flexibility index (Phi) is 13.8. The minimum atomic E-state index is -0.744. The van der Waals surface area contributed by atoms with Crippen molar-refractivity contribution >= 4 is 5.97 Å². The van der Waals surface area contributed by atoms with E-state index in [0.29, 0.717) is 17.4 Å². The third-order valence-corrected chi connectivity index (χ3v) is 5.24. The fourth-order valence-corrected chi connectivity index (χ4v) is 3.51. The first-order valence-electron chi connectivity index (χ1n) is 10.3. The van der Waals surface area contributed by atoms with E-state index in [0.717, 1.165) is 64.5 Å². The highest BCUT2D eigenvalue weighted by atomic mass is 16.4. The molecule has 0 aliphatic rings. The average Bonchev–Trinajstić information content (AvgIpc) is 2.58. The number of carboxylic acid groups (broad SMARTS) is 1. The number of quaternary nitrogens is 1. The first-order valence-corrected chi connectivity index (χ1v) is 10.3. The van der Waals surface area contributed by atoms with Crippen molar-refractivity contribution in [2.24, 2.45) is 0 Å².